The van der Waals surface area contributed by atoms with Gasteiger partial charge in [-0.2, -0.15) is 18.3 Å². The molecule has 0 aliphatic heterocycles. The van der Waals surface area contributed by atoms with Crippen molar-refractivity contribution in [2.24, 2.45) is 0 Å². The first kappa shape index (κ1) is 10.8. The summed E-state index contributed by atoms with van der Waals surface area (Å²) in [6.07, 6.45) is -2.95. The van der Waals surface area contributed by atoms with E-state index in [2.05, 4.69) is 10.2 Å². The highest BCUT2D eigenvalue weighted by molar-refractivity contribution is 5.91. The van der Waals surface area contributed by atoms with Gasteiger partial charge in [0, 0.05) is 19.5 Å². The number of halogens is 3. The van der Waals surface area contributed by atoms with E-state index in [9.17, 15) is 13.2 Å². The summed E-state index contributed by atoms with van der Waals surface area (Å²) in [5.74, 6) is 0. The van der Waals surface area contributed by atoms with E-state index in [1.54, 1.807) is 19.0 Å². The number of nitrogens with one attached hydrogen (secondary N) is 1. The van der Waals surface area contributed by atoms with E-state index in [1.807, 2.05) is 0 Å². The summed E-state index contributed by atoms with van der Waals surface area (Å²) in [5.41, 5.74) is 0.422. The van der Waals surface area contributed by atoms with E-state index in [4.69, 9.17) is 0 Å². The average Bonchev–Trinajstić information content (AvgIpc) is 2.61. The zero-order valence-electron chi connectivity index (χ0n) is 8.76. The zero-order chi connectivity index (χ0) is 11.9. The number of nitrogens with zero attached hydrogens (tertiary/aromatic N) is 2. The van der Waals surface area contributed by atoms with Gasteiger partial charge in [0.2, 0.25) is 0 Å². The van der Waals surface area contributed by atoms with Gasteiger partial charge in [-0.05, 0) is 12.1 Å². The van der Waals surface area contributed by atoms with Gasteiger partial charge in [0.05, 0.1) is 23.0 Å². The standard InChI is InChI=1S/C10H10F3N3/c1-16(2)8-4-7(10(11,12)13)3-6-5-14-15-9(6)8/h3-5H,1-2H3,(H,14,15). The molecule has 0 aliphatic rings. The largest absolute Gasteiger partial charge is 0.416 e. The first-order valence-corrected chi connectivity index (χ1v) is 4.61. The van der Waals surface area contributed by atoms with Crippen LogP contribution in [0.2, 0.25) is 0 Å². The second kappa shape index (κ2) is 3.40. The van der Waals surface area contributed by atoms with Crippen LogP contribution in [0.1, 0.15) is 5.56 Å². The van der Waals surface area contributed by atoms with Gasteiger partial charge in [-0.3, -0.25) is 5.10 Å². The molecule has 1 N–H and O–H groups in total. The lowest BCUT2D eigenvalue weighted by Gasteiger charge is -2.16. The zero-order valence-corrected chi connectivity index (χ0v) is 8.76. The summed E-state index contributed by atoms with van der Waals surface area (Å²) in [4.78, 5) is 1.62. The number of alkyl halides is 3. The van der Waals surface area contributed by atoms with Crippen molar-refractivity contribution in [3.05, 3.63) is 23.9 Å². The molecule has 0 bridgehead atoms. The number of aromatic nitrogens is 2. The van der Waals surface area contributed by atoms with Crippen LogP contribution in [0.15, 0.2) is 18.3 Å². The van der Waals surface area contributed by atoms with Crippen LogP contribution < -0.4 is 4.90 Å². The van der Waals surface area contributed by atoms with E-state index in [0.717, 1.165) is 12.1 Å². The van der Waals surface area contributed by atoms with Crippen molar-refractivity contribution in [3.63, 3.8) is 0 Å². The van der Waals surface area contributed by atoms with Gasteiger partial charge >= 0.3 is 6.18 Å². The lowest BCUT2D eigenvalue weighted by atomic mass is 10.1. The molecule has 16 heavy (non-hydrogen) atoms. The summed E-state index contributed by atoms with van der Waals surface area (Å²) in [6.45, 7) is 0. The maximum atomic E-state index is 12.6. The molecular weight excluding hydrogens is 219 g/mol. The van der Waals surface area contributed by atoms with Crippen LogP contribution in [0, 0.1) is 0 Å². The van der Waals surface area contributed by atoms with Gasteiger partial charge in [-0.1, -0.05) is 0 Å². The molecule has 1 aromatic carbocycles. The predicted octanol–water partition coefficient (Wildman–Crippen LogP) is 2.65. The van der Waals surface area contributed by atoms with Gasteiger partial charge in [0.25, 0.3) is 0 Å². The Hall–Kier alpha value is -1.72. The minimum Gasteiger partial charge on any atom is -0.376 e. The molecule has 1 heterocycles. The fourth-order valence-electron chi connectivity index (χ4n) is 1.56. The molecule has 0 amide bonds. The van der Waals surface area contributed by atoms with Gasteiger partial charge in [-0.25, -0.2) is 0 Å². The molecule has 0 atom stereocenters. The highest BCUT2D eigenvalue weighted by atomic mass is 19.4. The summed E-state index contributed by atoms with van der Waals surface area (Å²) in [5, 5.41) is 6.89. The van der Waals surface area contributed by atoms with Gasteiger partial charge in [0.1, 0.15) is 0 Å². The van der Waals surface area contributed by atoms with Crippen molar-refractivity contribution in [1.82, 2.24) is 10.2 Å². The molecule has 2 rings (SSSR count). The number of anilines is 1. The number of fused-ring (bicyclic) bond motifs is 1. The van der Waals surface area contributed by atoms with E-state index >= 15 is 0 Å². The Labute approximate surface area is 89.9 Å². The molecule has 0 fully saturated rings. The highest BCUT2D eigenvalue weighted by Crippen LogP contribution is 2.35. The Morgan fingerprint density at radius 1 is 1.25 bits per heavy atom. The van der Waals surface area contributed by atoms with E-state index in [1.165, 1.54) is 6.20 Å². The van der Waals surface area contributed by atoms with Crippen LogP contribution in [0.3, 0.4) is 0 Å². The van der Waals surface area contributed by atoms with E-state index in [-0.39, 0.29) is 0 Å². The molecule has 0 unspecified atom stereocenters. The molecule has 2 aromatic rings. The summed E-state index contributed by atoms with van der Waals surface area (Å²) < 4.78 is 37.8. The minimum absolute atomic E-state index is 0.457. The summed E-state index contributed by atoms with van der Waals surface area (Å²) in [7, 11) is 3.38. The smallest absolute Gasteiger partial charge is 0.376 e. The van der Waals surface area contributed by atoms with Crippen LogP contribution in [-0.4, -0.2) is 24.3 Å². The lowest BCUT2D eigenvalue weighted by Crippen LogP contribution is -2.12. The third kappa shape index (κ3) is 1.70. The normalized spacial score (nSPS) is 12.1. The quantitative estimate of drug-likeness (QED) is 0.815. The SMILES string of the molecule is CN(C)c1cc(C(F)(F)F)cc2cn[nH]c12. The molecule has 86 valence electrons. The van der Waals surface area contributed by atoms with Crippen LogP contribution in [0.25, 0.3) is 10.9 Å². The molecule has 0 saturated carbocycles. The Balaban J connectivity index is 2.71. The molecule has 6 heteroatoms. The van der Waals surface area contributed by atoms with E-state index < -0.39 is 11.7 Å². The van der Waals surface area contributed by atoms with Crippen LogP contribution >= 0.6 is 0 Å². The molecule has 0 spiro atoms. The molecule has 0 saturated heterocycles. The second-order valence-corrected chi connectivity index (χ2v) is 3.72. The van der Waals surface area contributed by atoms with Gasteiger partial charge in [0.15, 0.2) is 0 Å². The third-order valence-electron chi connectivity index (χ3n) is 2.34. The number of rotatable bonds is 1. The number of benzene rings is 1. The van der Waals surface area contributed by atoms with Crippen molar-refractivity contribution in [2.75, 3.05) is 19.0 Å². The van der Waals surface area contributed by atoms with Crippen molar-refractivity contribution < 1.29 is 13.2 Å². The molecule has 0 radical (unpaired) electrons. The third-order valence-corrected chi connectivity index (χ3v) is 2.34. The first-order valence-electron chi connectivity index (χ1n) is 4.61. The topological polar surface area (TPSA) is 31.9 Å². The molecular formula is C10H10F3N3. The van der Waals surface area contributed by atoms with Crippen LogP contribution in [-0.2, 0) is 6.18 Å². The first-order chi connectivity index (χ1) is 7.39. The van der Waals surface area contributed by atoms with Crippen molar-refractivity contribution in [1.29, 1.82) is 0 Å². The summed E-state index contributed by atoms with van der Waals surface area (Å²) in [6, 6.07) is 2.20. The maximum absolute atomic E-state index is 12.6. The minimum atomic E-state index is -4.34. The van der Waals surface area contributed by atoms with Crippen molar-refractivity contribution in [3.8, 4) is 0 Å². The Bertz CT molecular complexity index is 513. The Morgan fingerprint density at radius 2 is 1.94 bits per heavy atom. The van der Waals surface area contributed by atoms with Gasteiger partial charge < -0.3 is 4.90 Å². The number of hydrogen-bond acceptors (Lipinski definition) is 2. The van der Waals surface area contributed by atoms with Crippen LogP contribution in [0.4, 0.5) is 18.9 Å². The Morgan fingerprint density at radius 3 is 2.50 bits per heavy atom. The van der Waals surface area contributed by atoms with Gasteiger partial charge in [-0.15, -0.1) is 0 Å². The second-order valence-electron chi connectivity index (χ2n) is 3.72. The Kier molecular flexibility index (Phi) is 2.29. The fourth-order valence-corrected chi connectivity index (χ4v) is 1.56. The number of aromatic amines is 1. The fraction of sp³-hybridized carbons (Fsp3) is 0.300. The molecule has 0 aliphatic carbocycles. The monoisotopic (exact) mass is 229 g/mol. The van der Waals surface area contributed by atoms with Crippen LogP contribution in [0.5, 0.6) is 0 Å². The van der Waals surface area contributed by atoms with E-state index in [0.29, 0.717) is 16.6 Å². The maximum Gasteiger partial charge on any atom is 0.416 e. The molecule has 1 aromatic heterocycles. The van der Waals surface area contributed by atoms with Crippen molar-refractivity contribution >= 4 is 16.6 Å². The number of H-pyrrole nitrogens is 1. The average molecular weight is 229 g/mol. The highest BCUT2D eigenvalue weighted by Gasteiger charge is 2.31. The van der Waals surface area contributed by atoms with Crippen molar-refractivity contribution in [2.45, 2.75) is 6.18 Å². The summed E-state index contributed by atoms with van der Waals surface area (Å²) >= 11 is 0. The molecule has 3 nitrogen and oxygen atoms in total. The lowest BCUT2D eigenvalue weighted by molar-refractivity contribution is -0.137. The number of hydrogen-bond donors (Lipinski definition) is 1. The predicted molar refractivity (Wildman–Crippen MR) is 55.4 cm³/mol.